The van der Waals surface area contributed by atoms with E-state index in [1.807, 2.05) is 14.0 Å². The Hall–Kier alpha value is -1.07. The number of hydrogen-bond donors (Lipinski definition) is 1. The van der Waals surface area contributed by atoms with Crippen molar-refractivity contribution in [3.63, 3.8) is 0 Å². The van der Waals surface area contributed by atoms with Crippen molar-refractivity contribution in [3.8, 4) is 5.88 Å². The summed E-state index contributed by atoms with van der Waals surface area (Å²) in [5.74, 6) is 1.30. The summed E-state index contributed by atoms with van der Waals surface area (Å²) < 4.78 is 12.9. The van der Waals surface area contributed by atoms with Gasteiger partial charge in [0.1, 0.15) is 0 Å². The summed E-state index contributed by atoms with van der Waals surface area (Å²) in [5.41, 5.74) is 7.64. The fourth-order valence-electron chi connectivity index (χ4n) is 2.01. The minimum atomic E-state index is 0.468. The molecule has 1 unspecified atom stereocenters. The van der Waals surface area contributed by atoms with Gasteiger partial charge in [-0.3, -0.25) is 0 Å². The Morgan fingerprint density at radius 1 is 1.62 bits per heavy atom. The molecule has 90 valence electrons. The van der Waals surface area contributed by atoms with Crippen LogP contribution < -0.4 is 10.5 Å². The van der Waals surface area contributed by atoms with E-state index >= 15 is 0 Å². The van der Waals surface area contributed by atoms with Gasteiger partial charge in [-0.15, -0.1) is 0 Å². The molecule has 0 radical (unpaired) electrons. The summed E-state index contributed by atoms with van der Waals surface area (Å²) in [4.78, 5) is 0. The number of nitrogens with two attached hydrogens (primary N) is 1. The molecule has 1 aliphatic heterocycles. The number of rotatable bonds is 4. The Bertz CT molecular complexity index is 356. The van der Waals surface area contributed by atoms with Gasteiger partial charge < -0.3 is 15.2 Å². The smallest absolute Gasteiger partial charge is 0.216 e. The van der Waals surface area contributed by atoms with Gasteiger partial charge in [-0.05, 0) is 13.3 Å². The van der Waals surface area contributed by atoms with Gasteiger partial charge in [0.25, 0.3) is 0 Å². The second-order valence-electron chi connectivity index (χ2n) is 4.24. The van der Waals surface area contributed by atoms with Crippen molar-refractivity contribution in [2.24, 2.45) is 18.7 Å². The number of aromatic nitrogens is 2. The normalized spacial score (nSPS) is 20.3. The predicted octanol–water partition coefficient (Wildman–Crippen LogP) is 0.603. The third-order valence-corrected chi connectivity index (χ3v) is 2.97. The van der Waals surface area contributed by atoms with Crippen LogP contribution in [0.15, 0.2) is 0 Å². The van der Waals surface area contributed by atoms with E-state index in [2.05, 4.69) is 5.10 Å². The number of aryl methyl sites for hydroxylation is 2. The molecule has 0 amide bonds. The number of ether oxygens (including phenoxy) is 2. The molecule has 1 aromatic rings. The van der Waals surface area contributed by atoms with Crippen LogP contribution >= 0.6 is 0 Å². The topological polar surface area (TPSA) is 62.3 Å². The molecular formula is C11H19N3O2. The summed E-state index contributed by atoms with van der Waals surface area (Å²) in [6, 6.07) is 0. The SMILES string of the molecule is Cc1nn(C)c(OCC2CCOC2)c1CN. The predicted molar refractivity (Wildman–Crippen MR) is 60.3 cm³/mol. The van der Waals surface area contributed by atoms with E-state index in [0.29, 0.717) is 19.1 Å². The van der Waals surface area contributed by atoms with Crippen LogP contribution in [-0.2, 0) is 18.3 Å². The molecule has 2 heterocycles. The van der Waals surface area contributed by atoms with Crippen molar-refractivity contribution in [3.05, 3.63) is 11.3 Å². The average Bonchev–Trinajstić information content (AvgIpc) is 2.83. The summed E-state index contributed by atoms with van der Waals surface area (Å²) in [6.45, 7) is 4.76. The van der Waals surface area contributed by atoms with Crippen LogP contribution in [0.1, 0.15) is 17.7 Å². The Labute approximate surface area is 95.5 Å². The van der Waals surface area contributed by atoms with Gasteiger partial charge >= 0.3 is 0 Å². The zero-order valence-corrected chi connectivity index (χ0v) is 9.90. The maximum Gasteiger partial charge on any atom is 0.216 e. The van der Waals surface area contributed by atoms with Gasteiger partial charge in [-0.25, -0.2) is 4.68 Å². The second-order valence-corrected chi connectivity index (χ2v) is 4.24. The van der Waals surface area contributed by atoms with Crippen molar-refractivity contribution in [1.82, 2.24) is 9.78 Å². The monoisotopic (exact) mass is 225 g/mol. The summed E-state index contributed by atoms with van der Waals surface area (Å²) in [7, 11) is 1.88. The zero-order valence-electron chi connectivity index (χ0n) is 9.90. The van der Waals surface area contributed by atoms with Crippen LogP contribution in [0.4, 0.5) is 0 Å². The van der Waals surface area contributed by atoms with Crippen LogP contribution in [0.5, 0.6) is 5.88 Å². The molecule has 1 fully saturated rings. The molecule has 0 bridgehead atoms. The van der Waals surface area contributed by atoms with E-state index in [0.717, 1.165) is 36.8 Å². The third kappa shape index (κ3) is 2.20. The van der Waals surface area contributed by atoms with Crippen LogP contribution in [0.25, 0.3) is 0 Å². The van der Waals surface area contributed by atoms with Crippen molar-refractivity contribution in [2.45, 2.75) is 19.9 Å². The van der Waals surface area contributed by atoms with E-state index in [4.69, 9.17) is 15.2 Å². The lowest BCUT2D eigenvalue weighted by Crippen LogP contribution is -2.14. The molecule has 16 heavy (non-hydrogen) atoms. The molecular weight excluding hydrogens is 206 g/mol. The van der Waals surface area contributed by atoms with Crippen molar-refractivity contribution in [1.29, 1.82) is 0 Å². The molecule has 1 aliphatic rings. The summed E-state index contributed by atoms with van der Waals surface area (Å²) in [5, 5.41) is 4.31. The Balaban J connectivity index is 2.02. The minimum absolute atomic E-state index is 0.468. The van der Waals surface area contributed by atoms with E-state index in [-0.39, 0.29) is 0 Å². The van der Waals surface area contributed by atoms with Crippen LogP contribution in [0.2, 0.25) is 0 Å². The molecule has 5 heteroatoms. The molecule has 1 saturated heterocycles. The average molecular weight is 225 g/mol. The van der Waals surface area contributed by atoms with Crippen LogP contribution in [-0.4, -0.2) is 29.6 Å². The number of nitrogens with zero attached hydrogens (tertiary/aromatic N) is 2. The molecule has 2 N–H and O–H groups in total. The van der Waals surface area contributed by atoms with Gasteiger partial charge in [0.2, 0.25) is 5.88 Å². The molecule has 1 aromatic heterocycles. The Morgan fingerprint density at radius 2 is 2.44 bits per heavy atom. The second kappa shape index (κ2) is 4.84. The first-order chi connectivity index (χ1) is 7.72. The van der Waals surface area contributed by atoms with Gasteiger partial charge in [0, 0.05) is 26.1 Å². The maximum atomic E-state index is 5.80. The van der Waals surface area contributed by atoms with Crippen LogP contribution in [0, 0.1) is 12.8 Å². The van der Waals surface area contributed by atoms with Gasteiger partial charge in [0.15, 0.2) is 0 Å². The van der Waals surface area contributed by atoms with E-state index in [1.165, 1.54) is 0 Å². The minimum Gasteiger partial charge on any atom is -0.477 e. The molecule has 0 saturated carbocycles. The van der Waals surface area contributed by atoms with Crippen molar-refractivity contribution >= 4 is 0 Å². The van der Waals surface area contributed by atoms with E-state index in [9.17, 15) is 0 Å². The lowest BCUT2D eigenvalue weighted by molar-refractivity contribution is 0.163. The Kier molecular flexibility index (Phi) is 3.46. The highest BCUT2D eigenvalue weighted by atomic mass is 16.5. The first kappa shape index (κ1) is 11.4. The first-order valence-electron chi connectivity index (χ1n) is 5.65. The van der Waals surface area contributed by atoms with Gasteiger partial charge in [0.05, 0.1) is 24.5 Å². The lowest BCUT2D eigenvalue weighted by atomic mass is 10.1. The van der Waals surface area contributed by atoms with E-state index < -0.39 is 0 Å². The summed E-state index contributed by atoms with van der Waals surface area (Å²) >= 11 is 0. The highest BCUT2D eigenvalue weighted by Gasteiger charge is 2.19. The third-order valence-electron chi connectivity index (χ3n) is 2.97. The molecule has 0 aliphatic carbocycles. The number of hydrogen-bond acceptors (Lipinski definition) is 4. The fraction of sp³-hybridized carbons (Fsp3) is 0.727. The lowest BCUT2D eigenvalue weighted by Gasteiger charge is -2.11. The van der Waals surface area contributed by atoms with Gasteiger partial charge in [-0.2, -0.15) is 5.10 Å². The summed E-state index contributed by atoms with van der Waals surface area (Å²) in [6.07, 6.45) is 1.08. The quantitative estimate of drug-likeness (QED) is 0.815. The first-order valence-corrected chi connectivity index (χ1v) is 5.65. The largest absolute Gasteiger partial charge is 0.477 e. The van der Waals surface area contributed by atoms with Crippen molar-refractivity contribution in [2.75, 3.05) is 19.8 Å². The maximum absolute atomic E-state index is 5.80. The van der Waals surface area contributed by atoms with Crippen molar-refractivity contribution < 1.29 is 9.47 Å². The fourth-order valence-corrected chi connectivity index (χ4v) is 2.01. The molecule has 0 aromatic carbocycles. The highest BCUT2D eigenvalue weighted by molar-refractivity contribution is 5.30. The molecule has 5 nitrogen and oxygen atoms in total. The van der Waals surface area contributed by atoms with Gasteiger partial charge in [-0.1, -0.05) is 0 Å². The van der Waals surface area contributed by atoms with E-state index in [1.54, 1.807) is 4.68 Å². The molecule has 1 atom stereocenters. The highest BCUT2D eigenvalue weighted by Crippen LogP contribution is 2.22. The zero-order chi connectivity index (χ0) is 11.5. The Morgan fingerprint density at radius 3 is 3.06 bits per heavy atom. The standard InChI is InChI=1S/C11H19N3O2/c1-8-10(5-12)11(14(2)13-8)16-7-9-3-4-15-6-9/h9H,3-7,12H2,1-2H3. The molecule has 2 rings (SSSR count). The van der Waals surface area contributed by atoms with Crippen LogP contribution in [0.3, 0.4) is 0 Å². The molecule has 0 spiro atoms.